The molecule has 0 spiro atoms. The van der Waals surface area contributed by atoms with Gasteiger partial charge in [0.25, 0.3) is 15.9 Å². The molecule has 1 fully saturated rings. The molecule has 0 aromatic heterocycles. The van der Waals surface area contributed by atoms with Crippen molar-refractivity contribution < 1.29 is 17.9 Å². The van der Waals surface area contributed by atoms with Crippen LogP contribution in [0, 0.1) is 5.92 Å². The summed E-state index contributed by atoms with van der Waals surface area (Å²) in [6.07, 6.45) is 8.32. The molecule has 1 saturated carbocycles. The first-order valence-electron chi connectivity index (χ1n) is 8.17. The average Bonchev–Trinajstić information content (AvgIpc) is 3.21. The van der Waals surface area contributed by atoms with Crippen LogP contribution in [0.1, 0.15) is 32.1 Å². The Hall–Kier alpha value is -1.86. The molecule has 1 aliphatic heterocycles. The zero-order valence-corrected chi connectivity index (χ0v) is 14.2. The van der Waals surface area contributed by atoms with Crippen molar-refractivity contribution in [3.8, 4) is 5.75 Å². The van der Waals surface area contributed by atoms with Gasteiger partial charge in [-0.1, -0.05) is 18.2 Å². The van der Waals surface area contributed by atoms with Gasteiger partial charge in [0.05, 0.1) is 11.5 Å². The van der Waals surface area contributed by atoms with Crippen molar-refractivity contribution >= 4 is 15.9 Å². The van der Waals surface area contributed by atoms with E-state index in [1.54, 1.807) is 12.1 Å². The maximum atomic E-state index is 12.4. The average molecular weight is 350 g/mol. The van der Waals surface area contributed by atoms with E-state index in [4.69, 9.17) is 10.5 Å². The standard InChI is InChI=1S/C17H22N2O4S/c18-17-12-13(17)7-4-2-1-3-5-10-23-14-8-6-9-15(11-14)24(21,22)19-16(17)20/h4,6-9,11,13H,1-3,5,10,12,18H2,(H,19,20)/b7-4-/t13-,17+/m0/s1. The Bertz CT molecular complexity index is 760. The first-order chi connectivity index (χ1) is 11.4. The molecule has 1 aromatic carbocycles. The molecule has 2 aliphatic rings. The summed E-state index contributed by atoms with van der Waals surface area (Å²) in [4.78, 5) is 12.3. The lowest BCUT2D eigenvalue weighted by atomic mass is 10.1. The summed E-state index contributed by atoms with van der Waals surface area (Å²) in [7, 11) is -3.96. The van der Waals surface area contributed by atoms with Gasteiger partial charge in [0.15, 0.2) is 0 Å². The molecule has 3 rings (SSSR count). The predicted octanol–water partition coefficient (Wildman–Crippen LogP) is 1.72. The fourth-order valence-corrected chi connectivity index (χ4v) is 3.89. The molecule has 1 heterocycles. The molecular formula is C17H22N2O4S. The van der Waals surface area contributed by atoms with Crippen molar-refractivity contribution in [1.29, 1.82) is 0 Å². The highest BCUT2D eigenvalue weighted by Crippen LogP contribution is 2.42. The van der Waals surface area contributed by atoms with Crippen LogP contribution >= 0.6 is 0 Å². The van der Waals surface area contributed by atoms with Crippen molar-refractivity contribution in [2.75, 3.05) is 6.61 Å². The highest BCUT2D eigenvalue weighted by molar-refractivity contribution is 7.90. The normalized spacial score (nSPS) is 31.2. The van der Waals surface area contributed by atoms with E-state index in [1.165, 1.54) is 12.1 Å². The Morgan fingerprint density at radius 1 is 1.25 bits per heavy atom. The number of sulfonamides is 1. The lowest BCUT2D eigenvalue weighted by Crippen LogP contribution is -2.46. The highest BCUT2D eigenvalue weighted by atomic mass is 32.2. The molecule has 24 heavy (non-hydrogen) atoms. The van der Waals surface area contributed by atoms with Gasteiger partial charge >= 0.3 is 0 Å². The van der Waals surface area contributed by atoms with E-state index in [-0.39, 0.29) is 10.8 Å². The lowest BCUT2D eigenvalue weighted by molar-refractivity contribution is -0.121. The second kappa shape index (κ2) is 6.57. The molecule has 1 aliphatic carbocycles. The van der Waals surface area contributed by atoms with Gasteiger partial charge in [0.2, 0.25) is 0 Å². The number of allylic oxidation sites excluding steroid dienone is 1. The van der Waals surface area contributed by atoms with Crippen molar-refractivity contribution in [3.05, 3.63) is 36.4 Å². The largest absolute Gasteiger partial charge is 0.494 e. The summed E-state index contributed by atoms with van der Waals surface area (Å²) in [6, 6.07) is 6.15. The number of nitrogens with one attached hydrogen (secondary N) is 1. The molecule has 1 aromatic rings. The van der Waals surface area contributed by atoms with E-state index in [9.17, 15) is 13.2 Å². The van der Waals surface area contributed by atoms with Crippen LogP contribution in [0.3, 0.4) is 0 Å². The van der Waals surface area contributed by atoms with E-state index in [0.29, 0.717) is 18.8 Å². The third kappa shape index (κ3) is 3.62. The maximum absolute atomic E-state index is 12.4. The lowest BCUT2D eigenvalue weighted by Gasteiger charge is -2.13. The molecule has 2 bridgehead atoms. The molecular weight excluding hydrogens is 328 g/mol. The van der Waals surface area contributed by atoms with Crippen molar-refractivity contribution in [2.24, 2.45) is 11.7 Å². The second-order valence-corrected chi connectivity index (χ2v) is 8.07. The zero-order chi connectivity index (χ0) is 17.2. The van der Waals surface area contributed by atoms with Gasteiger partial charge in [-0.2, -0.15) is 0 Å². The van der Waals surface area contributed by atoms with Gasteiger partial charge in [-0.05, 0) is 44.2 Å². The quantitative estimate of drug-likeness (QED) is 0.694. The van der Waals surface area contributed by atoms with Crippen LogP contribution in [0.15, 0.2) is 41.3 Å². The van der Waals surface area contributed by atoms with Crippen molar-refractivity contribution in [3.63, 3.8) is 0 Å². The fraction of sp³-hybridized carbons (Fsp3) is 0.471. The number of carbonyl (C=O) groups excluding carboxylic acids is 1. The van der Waals surface area contributed by atoms with Gasteiger partial charge in [-0.25, -0.2) is 13.1 Å². The maximum Gasteiger partial charge on any atom is 0.264 e. The predicted molar refractivity (Wildman–Crippen MR) is 89.9 cm³/mol. The van der Waals surface area contributed by atoms with Crippen LogP contribution in [0.5, 0.6) is 5.75 Å². The molecule has 3 N–H and O–H groups in total. The Balaban J connectivity index is 1.85. The Morgan fingerprint density at radius 2 is 2.08 bits per heavy atom. The molecule has 0 radical (unpaired) electrons. The minimum Gasteiger partial charge on any atom is -0.494 e. The Kier molecular flexibility index (Phi) is 4.64. The number of nitrogens with two attached hydrogens (primary N) is 1. The molecule has 0 saturated heterocycles. The summed E-state index contributed by atoms with van der Waals surface area (Å²) in [5, 5.41) is 0. The fourth-order valence-electron chi connectivity index (χ4n) is 2.80. The number of carbonyl (C=O) groups is 1. The number of hydrogen-bond donors (Lipinski definition) is 2. The van der Waals surface area contributed by atoms with Crippen molar-refractivity contribution in [2.45, 2.75) is 42.5 Å². The zero-order valence-electron chi connectivity index (χ0n) is 13.4. The number of fused-ring (bicyclic) bond motifs is 3. The van der Waals surface area contributed by atoms with Gasteiger partial charge in [0.1, 0.15) is 11.3 Å². The number of hydrogen-bond acceptors (Lipinski definition) is 5. The van der Waals surface area contributed by atoms with E-state index in [1.807, 2.05) is 12.2 Å². The first-order valence-corrected chi connectivity index (χ1v) is 9.66. The molecule has 6 nitrogen and oxygen atoms in total. The molecule has 0 unspecified atom stereocenters. The van der Waals surface area contributed by atoms with Crippen LogP contribution in [-0.4, -0.2) is 26.5 Å². The summed E-state index contributed by atoms with van der Waals surface area (Å²) in [5.74, 6) is -0.282. The minimum absolute atomic E-state index is 0.00298. The SMILES string of the molecule is N[C@]12C[C@@H]1/C=C\CCCCCOc1cccc(c1)S(=O)(=O)NC2=O. The highest BCUT2D eigenvalue weighted by Gasteiger charge is 2.56. The van der Waals surface area contributed by atoms with Crippen molar-refractivity contribution in [1.82, 2.24) is 4.72 Å². The summed E-state index contributed by atoms with van der Waals surface area (Å²) < 4.78 is 32.5. The van der Waals surface area contributed by atoms with Gasteiger partial charge < -0.3 is 10.5 Å². The third-order valence-electron chi connectivity index (χ3n) is 4.48. The van der Waals surface area contributed by atoms with Gasteiger partial charge in [0, 0.05) is 12.0 Å². The summed E-state index contributed by atoms with van der Waals surface area (Å²) >= 11 is 0. The third-order valence-corrected chi connectivity index (χ3v) is 5.81. The van der Waals surface area contributed by atoms with Crippen LogP contribution in [0.4, 0.5) is 0 Å². The van der Waals surface area contributed by atoms with E-state index < -0.39 is 21.5 Å². The summed E-state index contributed by atoms with van der Waals surface area (Å²) in [6.45, 7) is 0.536. The number of ether oxygens (including phenoxy) is 1. The van der Waals surface area contributed by atoms with Gasteiger partial charge in [-0.15, -0.1) is 0 Å². The molecule has 7 heteroatoms. The number of benzene rings is 1. The monoisotopic (exact) mass is 350 g/mol. The molecule has 130 valence electrons. The van der Waals surface area contributed by atoms with Crippen LogP contribution < -0.4 is 15.2 Å². The second-order valence-electron chi connectivity index (χ2n) is 6.39. The van der Waals surface area contributed by atoms with E-state index in [0.717, 1.165) is 25.7 Å². The summed E-state index contributed by atoms with van der Waals surface area (Å²) in [5.41, 5.74) is 4.92. The molecule has 2 atom stereocenters. The minimum atomic E-state index is -3.96. The number of rotatable bonds is 0. The molecule has 1 amide bonds. The topological polar surface area (TPSA) is 98.5 Å². The Labute approximate surface area is 142 Å². The first kappa shape index (κ1) is 17.0. The van der Waals surface area contributed by atoms with Crippen LogP contribution in [-0.2, 0) is 14.8 Å². The van der Waals surface area contributed by atoms with E-state index in [2.05, 4.69) is 4.72 Å². The smallest absolute Gasteiger partial charge is 0.264 e. The van der Waals surface area contributed by atoms with Crippen LogP contribution in [0.2, 0.25) is 0 Å². The van der Waals surface area contributed by atoms with E-state index >= 15 is 0 Å². The van der Waals surface area contributed by atoms with Crippen LogP contribution in [0.25, 0.3) is 0 Å². The van der Waals surface area contributed by atoms with Gasteiger partial charge in [-0.3, -0.25) is 4.79 Å². The Morgan fingerprint density at radius 3 is 2.92 bits per heavy atom. The number of amides is 1.